The number of nitrogens with one attached hydrogen (secondary N) is 1. The van der Waals surface area contributed by atoms with Crippen LogP contribution in [0.3, 0.4) is 0 Å². The Hall–Kier alpha value is -0.330. The van der Waals surface area contributed by atoms with Crippen molar-refractivity contribution in [1.29, 1.82) is 0 Å². The van der Waals surface area contributed by atoms with Crippen molar-refractivity contribution >= 4 is 0 Å². The lowest BCUT2D eigenvalue weighted by Gasteiger charge is -2.35. The lowest BCUT2D eigenvalue weighted by Crippen LogP contribution is -2.50. The number of ether oxygens (including phenoxy) is 2. The molecule has 0 saturated carbocycles. The molecule has 1 fully saturated rings. The van der Waals surface area contributed by atoms with Gasteiger partial charge >= 0.3 is 6.18 Å². The van der Waals surface area contributed by atoms with Crippen LogP contribution in [0, 0.1) is 0 Å². The molecule has 1 saturated heterocycles. The molecular formula is C12H22F3NO2. The Kier molecular flexibility index (Phi) is 6.38. The van der Waals surface area contributed by atoms with E-state index in [0.717, 1.165) is 19.3 Å². The van der Waals surface area contributed by atoms with Gasteiger partial charge in [0.15, 0.2) is 0 Å². The number of hydrogen-bond donors (Lipinski definition) is 1. The highest BCUT2D eigenvalue weighted by atomic mass is 19.4. The third-order valence-corrected chi connectivity index (χ3v) is 3.10. The van der Waals surface area contributed by atoms with Gasteiger partial charge < -0.3 is 14.8 Å². The summed E-state index contributed by atoms with van der Waals surface area (Å²) in [6.07, 6.45) is -1.23. The van der Waals surface area contributed by atoms with Crippen LogP contribution in [0.4, 0.5) is 13.2 Å². The molecule has 1 heterocycles. The molecule has 1 aliphatic heterocycles. The van der Waals surface area contributed by atoms with Crippen LogP contribution in [-0.2, 0) is 9.47 Å². The summed E-state index contributed by atoms with van der Waals surface area (Å²) in [6.45, 7) is 3.21. The van der Waals surface area contributed by atoms with Gasteiger partial charge in [0, 0.05) is 12.1 Å². The normalized spacial score (nSPS) is 29.5. The zero-order valence-corrected chi connectivity index (χ0v) is 10.9. The first-order valence-corrected chi connectivity index (χ1v) is 6.44. The molecule has 0 bridgehead atoms. The monoisotopic (exact) mass is 269 g/mol. The summed E-state index contributed by atoms with van der Waals surface area (Å²) >= 11 is 0. The van der Waals surface area contributed by atoms with Crippen LogP contribution in [-0.4, -0.2) is 44.2 Å². The second-order valence-corrected chi connectivity index (χ2v) is 4.74. The van der Waals surface area contributed by atoms with Gasteiger partial charge in [0.1, 0.15) is 6.61 Å². The first kappa shape index (κ1) is 15.7. The van der Waals surface area contributed by atoms with E-state index in [4.69, 9.17) is 4.74 Å². The van der Waals surface area contributed by atoms with Crippen LogP contribution in [0.1, 0.15) is 33.1 Å². The summed E-state index contributed by atoms with van der Waals surface area (Å²) in [7, 11) is 0. The van der Waals surface area contributed by atoms with Crippen molar-refractivity contribution in [3.63, 3.8) is 0 Å². The van der Waals surface area contributed by atoms with E-state index in [2.05, 4.69) is 23.9 Å². The van der Waals surface area contributed by atoms with Gasteiger partial charge in [0.25, 0.3) is 0 Å². The molecule has 3 nitrogen and oxygen atoms in total. The third-order valence-electron chi connectivity index (χ3n) is 3.10. The van der Waals surface area contributed by atoms with Crippen molar-refractivity contribution in [2.45, 2.75) is 57.5 Å². The van der Waals surface area contributed by atoms with E-state index in [1.807, 2.05) is 0 Å². The van der Waals surface area contributed by atoms with Gasteiger partial charge in [-0.05, 0) is 26.2 Å². The number of piperidine rings is 1. The summed E-state index contributed by atoms with van der Waals surface area (Å²) in [5.41, 5.74) is 0. The Morgan fingerprint density at radius 2 is 1.94 bits per heavy atom. The zero-order chi connectivity index (χ0) is 13.6. The maximum absolute atomic E-state index is 11.8. The van der Waals surface area contributed by atoms with Crippen molar-refractivity contribution in [2.75, 3.05) is 19.8 Å². The molecule has 1 rings (SSSR count). The smallest absolute Gasteiger partial charge is 0.374 e. The maximum atomic E-state index is 11.8. The van der Waals surface area contributed by atoms with E-state index >= 15 is 0 Å². The first-order chi connectivity index (χ1) is 8.42. The molecule has 0 aromatic heterocycles. The minimum absolute atomic E-state index is 0.0119. The summed E-state index contributed by atoms with van der Waals surface area (Å²) in [4.78, 5) is 0. The van der Waals surface area contributed by atoms with Gasteiger partial charge in [-0.2, -0.15) is 13.2 Å². The largest absolute Gasteiger partial charge is 0.411 e. The van der Waals surface area contributed by atoms with Gasteiger partial charge in [-0.3, -0.25) is 0 Å². The molecule has 18 heavy (non-hydrogen) atoms. The first-order valence-electron chi connectivity index (χ1n) is 6.44. The third kappa shape index (κ3) is 6.02. The minimum Gasteiger partial charge on any atom is -0.374 e. The Labute approximate surface area is 106 Å². The van der Waals surface area contributed by atoms with Crippen LogP contribution < -0.4 is 5.32 Å². The van der Waals surface area contributed by atoms with Gasteiger partial charge in [-0.1, -0.05) is 6.92 Å². The van der Waals surface area contributed by atoms with E-state index in [1.165, 1.54) is 0 Å². The van der Waals surface area contributed by atoms with Gasteiger partial charge in [-0.25, -0.2) is 0 Å². The summed E-state index contributed by atoms with van der Waals surface area (Å²) in [5.74, 6) is 0. The van der Waals surface area contributed by atoms with Gasteiger partial charge in [0.05, 0.1) is 19.3 Å². The van der Waals surface area contributed by atoms with Crippen molar-refractivity contribution in [1.82, 2.24) is 5.32 Å². The molecule has 0 aromatic carbocycles. The molecule has 1 aliphatic rings. The van der Waals surface area contributed by atoms with E-state index in [1.54, 1.807) is 0 Å². The molecule has 1 N–H and O–H groups in total. The van der Waals surface area contributed by atoms with Crippen LogP contribution in [0.25, 0.3) is 0 Å². The van der Waals surface area contributed by atoms with E-state index in [-0.39, 0.29) is 25.4 Å². The lowest BCUT2D eigenvalue weighted by atomic mass is 9.95. The van der Waals surface area contributed by atoms with E-state index in [9.17, 15) is 13.2 Å². The molecule has 3 unspecified atom stereocenters. The number of rotatable bonds is 6. The predicted octanol–water partition coefficient (Wildman–Crippen LogP) is 2.50. The fourth-order valence-corrected chi connectivity index (χ4v) is 2.20. The highest BCUT2D eigenvalue weighted by molar-refractivity contribution is 4.84. The number of hydrogen-bond acceptors (Lipinski definition) is 3. The molecule has 108 valence electrons. The van der Waals surface area contributed by atoms with Crippen molar-refractivity contribution < 1.29 is 22.6 Å². The van der Waals surface area contributed by atoms with Crippen LogP contribution in [0.5, 0.6) is 0 Å². The SMILES string of the molecule is CCC1NC(C)CCC1OCCOCC(F)(F)F. The lowest BCUT2D eigenvalue weighted by molar-refractivity contribution is -0.178. The van der Waals surface area contributed by atoms with E-state index in [0.29, 0.717) is 6.04 Å². The van der Waals surface area contributed by atoms with Gasteiger partial charge in [0.2, 0.25) is 0 Å². The highest BCUT2D eigenvalue weighted by Crippen LogP contribution is 2.19. The minimum atomic E-state index is -4.26. The molecule has 0 aliphatic carbocycles. The molecule has 0 spiro atoms. The highest BCUT2D eigenvalue weighted by Gasteiger charge is 2.28. The Balaban J connectivity index is 2.14. The van der Waals surface area contributed by atoms with Crippen molar-refractivity contribution in [2.24, 2.45) is 0 Å². The van der Waals surface area contributed by atoms with Crippen LogP contribution >= 0.6 is 0 Å². The fraction of sp³-hybridized carbons (Fsp3) is 1.00. The molecule has 3 atom stereocenters. The van der Waals surface area contributed by atoms with Crippen molar-refractivity contribution in [3.05, 3.63) is 0 Å². The van der Waals surface area contributed by atoms with Crippen LogP contribution in [0.15, 0.2) is 0 Å². The average Bonchev–Trinajstić information content (AvgIpc) is 2.28. The molecule has 6 heteroatoms. The number of halogens is 3. The quantitative estimate of drug-likeness (QED) is 0.752. The van der Waals surface area contributed by atoms with Crippen molar-refractivity contribution in [3.8, 4) is 0 Å². The average molecular weight is 269 g/mol. The fourth-order valence-electron chi connectivity index (χ4n) is 2.20. The molecule has 0 amide bonds. The summed E-state index contributed by atoms with van der Waals surface area (Å²) in [6, 6.07) is 0.771. The molecule has 0 aromatic rings. The zero-order valence-electron chi connectivity index (χ0n) is 10.9. The summed E-state index contributed by atoms with van der Waals surface area (Å²) < 4.78 is 45.6. The molecule has 0 radical (unpaired) electrons. The Morgan fingerprint density at radius 3 is 2.56 bits per heavy atom. The second kappa shape index (κ2) is 7.31. The summed E-state index contributed by atoms with van der Waals surface area (Å²) in [5, 5.41) is 3.44. The van der Waals surface area contributed by atoms with Gasteiger partial charge in [-0.15, -0.1) is 0 Å². The second-order valence-electron chi connectivity index (χ2n) is 4.74. The standard InChI is InChI=1S/C12H22F3NO2/c1-3-10-11(5-4-9(2)16-10)18-7-6-17-8-12(13,14)15/h9-11,16H,3-8H2,1-2H3. The predicted molar refractivity (Wildman–Crippen MR) is 62.5 cm³/mol. The topological polar surface area (TPSA) is 30.5 Å². The van der Waals surface area contributed by atoms with Crippen LogP contribution in [0.2, 0.25) is 0 Å². The Morgan fingerprint density at radius 1 is 1.22 bits per heavy atom. The number of alkyl halides is 3. The molecular weight excluding hydrogens is 247 g/mol. The van der Waals surface area contributed by atoms with E-state index < -0.39 is 12.8 Å². The maximum Gasteiger partial charge on any atom is 0.411 e. The Bertz CT molecular complexity index is 236.